The third kappa shape index (κ3) is 2.28. The van der Waals surface area contributed by atoms with E-state index >= 15 is 0 Å². The number of aromatic nitrogens is 2. The molecule has 4 aromatic heterocycles. The van der Waals surface area contributed by atoms with E-state index in [0.717, 1.165) is 66.3 Å². The molecular weight excluding hydrogens is 372 g/mol. The molecule has 4 heteroatoms. The molecule has 6 rings (SSSR count). The number of fused-ring (bicyclic) bond motifs is 6. The van der Waals surface area contributed by atoms with Gasteiger partial charge in [0.25, 0.3) is 0 Å². The Morgan fingerprint density at radius 1 is 0.833 bits per heavy atom. The zero-order valence-corrected chi connectivity index (χ0v) is 16.9. The summed E-state index contributed by atoms with van der Waals surface area (Å²) in [7, 11) is 1.87. The van der Waals surface area contributed by atoms with Gasteiger partial charge in [-0.05, 0) is 50.0 Å². The van der Waals surface area contributed by atoms with Crippen LogP contribution in [0.15, 0.2) is 63.8 Å². The number of rotatable bonds is 1. The molecule has 146 valence electrons. The molecule has 6 aromatic rings. The van der Waals surface area contributed by atoms with E-state index in [9.17, 15) is 0 Å². The first-order chi connectivity index (χ1) is 15.7. The highest BCUT2D eigenvalue weighted by molar-refractivity contribution is 6.16. The van der Waals surface area contributed by atoms with Gasteiger partial charge in [-0.25, -0.2) is 4.57 Å². The Labute approximate surface area is 177 Å². The lowest BCUT2D eigenvalue weighted by Crippen LogP contribution is -2.31. The third-order valence-electron chi connectivity index (χ3n) is 5.98. The highest BCUT2D eigenvalue weighted by Gasteiger charge is 2.22. The second-order valence-electron chi connectivity index (χ2n) is 7.92. The highest BCUT2D eigenvalue weighted by Crippen LogP contribution is 2.40. The Bertz CT molecular complexity index is 1740. The summed E-state index contributed by atoms with van der Waals surface area (Å²) in [6, 6.07) is 12.1. The van der Waals surface area contributed by atoms with Crippen molar-refractivity contribution in [3.63, 3.8) is 0 Å². The van der Waals surface area contributed by atoms with Gasteiger partial charge in [0, 0.05) is 43.5 Å². The fourth-order valence-corrected chi connectivity index (χ4v) is 4.38. The first kappa shape index (κ1) is 14.3. The second kappa shape index (κ2) is 5.92. The molecule has 4 nitrogen and oxygen atoms in total. The normalized spacial score (nSPS) is 13.9. The van der Waals surface area contributed by atoms with Crippen molar-refractivity contribution in [3.05, 3.63) is 71.7 Å². The van der Waals surface area contributed by atoms with E-state index in [1.807, 2.05) is 49.7 Å². The van der Waals surface area contributed by atoms with Crippen LogP contribution in [0.1, 0.15) is 20.8 Å². The van der Waals surface area contributed by atoms with Gasteiger partial charge in [0.15, 0.2) is 11.8 Å². The van der Waals surface area contributed by atoms with Crippen LogP contribution in [-0.4, -0.2) is 4.98 Å². The molecule has 0 saturated carbocycles. The standard InChI is InChI=1S/C26H21N2O2/c1-14-5-6-18-20-11-22-19(17-7-8-27-12-24(17)29-22)10-23(20)30-26(18)25(14)21-9-15(2)16(3)13-28(21)4/h5-13H,1-4H3/q+1/i3D3. The smallest absolute Gasteiger partial charge is 0.216 e. The van der Waals surface area contributed by atoms with E-state index in [1.54, 1.807) is 18.6 Å². The average Bonchev–Trinajstić information content (AvgIpc) is 3.30. The van der Waals surface area contributed by atoms with Crippen LogP contribution in [0.5, 0.6) is 0 Å². The zero-order valence-electron chi connectivity index (χ0n) is 19.9. The van der Waals surface area contributed by atoms with E-state index < -0.39 is 6.85 Å². The maximum atomic E-state index is 7.83. The van der Waals surface area contributed by atoms with Crippen LogP contribution in [0.3, 0.4) is 0 Å². The average molecular weight is 396 g/mol. The minimum absolute atomic E-state index is 0.352. The Kier molecular flexibility index (Phi) is 2.83. The number of hydrogen-bond acceptors (Lipinski definition) is 3. The number of furan rings is 2. The summed E-state index contributed by atoms with van der Waals surface area (Å²) < 4.78 is 37.9. The van der Waals surface area contributed by atoms with Gasteiger partial charge < -0.3 is 8.83 Å². The molecule has 4 heterocycles. The molecule has 0 spiro atoms. The molecule has 0 radical (unpaired) electrons. The van der Waals surface area contributed by atoms with Gasteiger partial charge in [-0.3, -0.25) is 4.98 Å². The van der Waals surface area contributed by atoms with E-state index in [1.165, 1.54) is 0 Å². The number of aryl methyl sites for hydroxylation is 4. The third-order valence-corrected chi connectivity index (χ3v) is 5.98. The maximum absolute atomic E-state index is 7.83. The van der Waals surface area contributed by atoms with Gasteiger partial charge in [0.1, 0.15) is 23.8 Å². The molecule has 0 aliphatic heterocycles. The molecule has 0 fully saturated rings. The SMILES string of the molecule is [2H]C([2H])([2H])c1c[n+](C)c(-c2c(C)ccc3c2oc2cc4c(cc23)oc2cnccc24)cc1C. The topological polar surface area (TPSA) is 43.0 Å². The summed E-state index contributed by atoms with van der Waals surface area (Å²) in [6.45, 7) is 1.72. The van der Waals surface area contributed by atoms with E-state index in [2.05, 4.69) is 17.1 Å². The molecule has 0 atom stereocenters. The number of nitrogens with zero attached hydrogens (tertiary/aromatic N) is 2. The van der Waals surface area contributed by atoms with Gasteiger partial charge >= 0.3 is 0 Å². The summed E-state index contributed by atoms with van der Waals surface area (Å²) in [4.78, 5) is 4.15. The predicted octanol–water partition coefficient (Wildman–Crippen LogP) is 6.30. The van der Waals surface area contributed by atoms with Crippen molar-refractivity contribution in [2.75, 3.05) is 0 Å². The summed E-state index contributed by atoms with van der Waals surface area (Å²) in [6.07, 6.45) is 5.18. The lowest BCUT2D eigenvalue weighted by molar-refractivity contribution is -0.660. The van der Waals surface area contributed by atoms with Crippen LogP contribution >= 0.6 is 0 Å². The molecule has 0 aliphatic carbocycles. The van der Waals surface area contributed by atoms with Crippen molar-refractivity contribution < 1.29 is 17.5 Å². The summed E-state index contributed by atoms with van der Waals surface area (Å²) >= 11 is 0. The van der Waals surface area contributed by atoms with Gasteiger partial charge in [-0.2, -0.15) is 0 Å². The quantitative estimate of drug-likeness (QED) is 0.306. The van der Waals surface area contributed by atoms with Crippen molar-refractivity contribution in [2.24, 2.45) is 7.05 Å². The largest absolute Gasteiger partial charge is 0.455 e. The maximum Gasteiger partial charge on any atom is 0.216 e. The second-order valence-corrected chi connectivity index (χ2v) is 7.92. The molecule has 30 heavy (non-hydrogen) atoms. The molecule has 0 saturated heterocycles. The molecule has 0 N–H and O–H groups in total. The molecule has 2 aromatic carbocycles. The summed E-state index contributed by atoms with van der Waals surface area (Å²) in [5.41, 5.74) is 7.09. The first-order valence-electron chi connectivity index (χ1n) is 11.4. The van der Waals surface area contributed by atoms with Gasteiger partial charge in [-0.1, -0.05) is 12.1 Å². The monoisotopic (exact) mass is 396 g/mol. The van der Waals surface area contributed by atoms with Crippen LogP contribution in [0, 0.1) is 20.7 Å². The van der Waals surface area contributed by atoms with E-state index in [4.69, 9.17) is 12.9 Å². The van der Waals surface area contributed by atoms with Crippen molar-refractivity contribution in [3.8, 4) is 11.3 Å². The van der Waals surface area contributed by atoms with Gasteiger partial charge in [-0.15, -0.1) is 0 Å². The number of hydrogen-bond donors (Lipinski definition) is 0. The number of pyridine rings is 2. The van der Waals surface area contributed by atoms with E-state index in [0.29, 0.717) is 5.56 Å². The molecule has 0 unspecified atom stereocenters. The van der Waals surface area contributed by atoms with Gasteiger partial charge in [0.2, 0.25) is 5.69 Å². The van der Waals surface area contributed by atoms with Crippen molar-refractivity contribution >= 4 is 43.9 Å². The van der Waals surface area contributed by atoms with Crippen LogP contribution in [-0.2, 0) is 7.05 Å². The Hall–Kier alpha value is -3.66. The van der Waals surface area contributed by atoms with Crippen molar-refractivity contribution in [2.45, 2.75) is 20.7 Å². The molecule has 0 aliphatic rings. The van der Waals surface area contributed by atoms with Crippen molar-refractivity contribution in [1.82, 2.24) is 4.98 Å². The summed E-state index contributed by atoms with van der Waals surface area (Å²) in [5, 5.41) is 3.95. The Balaban J connectivity index is 1.66. The Morgan fingerprint density at radius 2 is 1.63 bits per heavy atom. The van der Waals surface area contributed by atoms with Crippen LogP contribution in [0.25, 0.3) is 55.1 Å². The zero-order chi connectivity index (χ0) is 23.1. The fourth-order valence-electron chi connectivity index (χ4n) is 4.38. The van der Waals surface area contributed by atoms with E-state index in [-0.39, 0.29) is 0 Å². The Morgan fingerprint density at radius 3 is 2.47 bits per heavy atom. The van der Waals surface area contributed by atoms with Crippen molar-refractivity contribution in [1.29, 1.82) is 0 Å². The van der Waals surface area contributed by atoms with Gasteiger partial charge in [0.05, 0.1) is 11.8 Å². The van der Waals surface area contributed by atoms with Crippen LogP contribution < -0.4 is 4.57 Å². The highest BCUT2D eigenvalue weighted by atomic mass is 16.3. The predicted molar refractivity (Wildman–Crippen MR) is 120 cm³/mol. The first-order valence-corrected chi connectivity index (χ1v) is 9.85. The molecule has 0 amide bonds. The minimum atomic E-state index is -2.16. The minimum Gasteiger partial charge on any atom is -0.455 e. The lowest BCUT2D eigenvalue weighted by Gasteiger charge is -2.07. The number of benzene rings is 2. The lowest BCUT2D eigenvalue weighted by atomic mass is 9.99. The molecule has 0 bridgehead atoms. The summed E-state index contributed by atoms with van der Waals surface area (Å²) in [5.74, 6) is 0. The van der Waals surface area contributed by atoms with Crippen LogP contribution in [0.4, 0.5) is 0 Å². The molecular formula is C26H21N2O2+. The van der Waals surface area contributed by atoms with Crippen LogP contribution in [0.2, 0.25) is 0 Å². The fraction of sp³-hybridized carbons (Fsp3) is 0.154.